The molecule has 0 saturated carbocycles. The van der Waals surface area contributed by atoms with Crippen LogP contribution >= 0.6 is 11.3 Å². The Kier molecular flexibility index (Phi) is 5.65. The van der Waals surface area contributed by atoms with Crippen molar-refractivity contribution in [3.8, 4) is 0 Å². The Morgan fingerprint density at radius 1 is 1.53 bits per heavy atom. The smallest absolute Gasteiger partial charge is 0.311 e. The van der Waals surface area contributed by atoms with Crippen LogP contribution in [0.25, 0.3) is 0 Å². The quantitative estimate of drug-likeness (QED) is 0.796. The molecular formula is C13H20O3S. The lowest BCUT2D eigenvalue weighted by atomic mass is 9.95. The summed E-state index contributed by atoms with van der Waals surface area (Å²) in [6.07, 6.45) is 0.761. The second-order valence-electron chi connectivity index (χ2n) is 4.06. The molecule has 0 aliphatic heterocycles. The maximum absolute atomic E-state index is 11.8. The van der Waals surface area contributed by atoms with E-state index in [2.05, 4.69) is 0 Å². The third kappa shape index (κ3) is 3.54. The molecule has 1 aromatic rings. The summed E-state index contributed by atoms with van der Waals surface area (Å²) in [5.41, 5.74) is 1.04. The molecule has 3 nitrogen and oxygen atoms in total. The Morgan fingerprint density at radius 3 is 2.71 bits per heavy atom. The van der Waals surface area contributed by atoms with Crippen molar-refractivity contribution in [2.75, 3.05) is 6.61 Å². The number of aliphatic hydroxyl groups excluding tert-OH is 1. The van der Waals surface area contributed by atoms with E-state index in [1.54, 1.807) is 6.92 Å². The summed E-state index contributed by atoms with van der Waals surface area (Å²) < 4.78 is 5.02. The first-order valence-corrected chi connectivity index (χ1v) is 6.88. The Balaban J connectivity index is 2.83. The number of esters is 1. The fourth-order valence-electron chi connectivity index (χ4n) is 1.84. The molecule has 0 aromatic carbocycles. The predicted molar refractivity (Wildman–Crippen MR) is 69.0 cm³/mol. The molecule has 1 heterocycles. The van der Waals surface area contributed by atoms with E-state index in [1.165, 1.54) is 11.3 Å². The molecule has 1 aromatic heterocycles. The van der Waals surface area contributed by atoms with Crippen molar-refractivity contribution >= 4 is 17.3 Å². The minimum atomic E-state index is -0.742. The van der Waals surface area contributed by atoms with Gasteiger partial charge in [0.15, 0.2) is 0 Å². The molecule has 0 spiro atoms. The monoisotopic (exact) mass is 256 g/mol. The fourth-order valence-corrected chi connectivity index (χ4v) is 2.81. The number of aryl methyl sites for hydroxylation is 1. The number of carbonyl (C=O) groups is 1. The molecule has 0 fully saturated rings. The number of hydrogen-bond acceptors (Lipinski definition) is 4. The highest BCUT2D eigenvalue weighted by Crippen LogP contribution is 2.32. The van der Waals surface area contributed by atoms with Crippen LogP contribution in [-0.4, -0.2) is 17.7 Å². The van der Waals surface area contributed by atoms with E-state index in [1.807, 2.05) is 25.3 Å². The van der Waals surface area contributed by atoms with Crippen LogP contribution in [0, 0.1) is 12.8 Å². The zero-order chi connectivity index (χ0) is 12.8. The molecule has 0 aliphatic rings. The maximum atomic E-state index is 11.8. The van der Waals surface area contributed by atoms with Crippen molar-refractivity contribution in [2.24, 2.45) is 5.92 Å². The van der Waals surface area contributed by atoms with E-state index in [9.17, 15) is 9.90 Å². The standard InChI is InChI=1S/C13H20O3S/c1-4-6-10(13(15)16-5-2)11(14)12-9(3)7-8-17-12/h7-8,10-11,14H,4-6H2,1-3H3. The Bertz CT molecular complexity index is 359. The minimum absolute atomic E-state index is 0.297. The van der Waals surface area contributed by atoms with Gasteiger partial charge in [0, 0.05) is 4.88 Å². The van der Waals surface area contributed by atoms with Crippen molar-refractivity contribution in [3.63, 3.8) is 0 Å². The maximum Gasteiger partial charge on any atom is 0.311 e. The number of aliphatic hydroxyl groups is 1. The minimum Gasteiger partial charge on any atom is -0.466 e. The van der Waals surface area contributed by atoms with Gasteiger partial charge in [0.1, 0.15) is 6.10 Å². The van der Waals surface area contributed by atoms with Crippen LogP contribution in [0.3, 0.4) is 0 Å². The summed E-state index contributed by atoms with van der Waals surface area (Å²) in [5.74, 6) is -0.744. The first-order chi connectivity index (χ1) is 8.11. The second kappa shape index (κ2) is 6.77. The SMILES string of the molecule is CCCC(C(=O)OCC)C(O)c1sccc1C. The van der Waals surface area contributed by atoms with Gasteiger partial charge in [-0.15, -0.1) is 11.3 Å². The van der Waals surface area contributed by atoms with Gasteiger partial charge in [0.05, 0.1) is 12.5 Å². The molecule has 1 N–H and O–H groups in total. The van der Waals surface area contributed by atoms with Crippen molar-refractivity contribution in [3.05, 3.63) is 21.9 Å². The predicted octanol–water partition coefficient (Wildman–Crippen LogP) is 3.07. The first-order valence-electron chi connectivity index (χ1n) is 6.00. The third-order valence-corrected chi connectivity index (χ3v) is 3.83. The van der Waals surface area contributed by atoms with E-state index in [-0.39, 0.29) is 5.97 Å². The highest BCUT2D eigenvalue weighted by atomic mass is 32.1. The highest BCUT2D eigenvalue weighted by molar-refractivity contribution is 7.10. The van der Waals surface area contributed by atoms with E-state index >= 15 is 0 Å². The summed E-state index contributed by atoms with van der Waals surface area (Å²) in [5, 5.41) is 12.2. The van der Waals surface area contributed by atoms with E-state index in [0.29, 0.717) is 13.0 Å². The Labute approximate surface area is 106 Å². The molecule has 2 atom stereocenters. The van der Waals surface area contributed by atoms with Gasteiger partial charge in [0.25, 0.3) is 0 Å². The second-order valence-corrected chi connectivity index (χ2v) is 5.01. The van der Waals surface area contributed by atoms with Crippen LogP contribution in [0.1, 0.15) is 43.2 Å². The number of carbonyl (C=O) groups excluding carboxylic acids is 1. The lowest BCUT2D eigenvalue weighted by Crippen LogP contribution is -2.24. The average Bonchev–Trinajstić information content (AvgIpc) is 2.71. The van der Waals surface area contributed by atoms with Crippen molar-refractivity contribution < 1.29 is 14.6 Å². The van der Waals surface area contributed by atoms with Gasteiger partial charge in [-0.3, -0.25) is 4.79 Å². The van der Waals surface area contributed by atoms with Gasteiger partial charge in [-0.1, -0.05) is 13.3 Å². The van der Waals surface area contributed by atoms with Crippen LogP contribution < -0.4 is 0 Å². The Morgan fingerprint density at radius 2 is 2.24 bits per heavy atom. The number of hydrogen-bond donors (Lipinski definition) is 1. The Hall–Kier alpha value is -0.870. The van der Waals surface area contributed by atoms with Crippen LogP contribution in [0.5, 0.6) is 0 Å². The molecule has 1 rings (SSSR count). The zero-order valence-corrected chi connectivity index (χ0v) is 11.4. The molecular weight excluding hydrogens is 236 g/mol. The number of rotatable bonds is 6. The van der Waals surface area contributed by atoms with Crippen LogP contribution in [0.15, 0.2) is 11.4 Å². The molecule has 0 saturated heterocycles. The van der Waals surface area contributed by atoms with E-state index in [0.717, 1.165) is 16.9 Å². The van der Waals surface area contributed by atoms with Crippen LogP contribution in [0.4, 0.5) is 0 Å². The molecule has 96 valence electrons. The van der Waals surface area contributed by atoms with Crippen molar-refractivity contribution in [2.45, 2.75) is 39.7 Å². The molecule has 17 heavy (non-hydrogen) atoms. The molecule has 0 radical (unpaired) electrons. The zero-order valence-electron chi connectivity index (χ0n) is 10.6. The largest absolute Gasteiger partial charge is 0.466 e. The summed E-state index contributed by atoms with van der Waals surface area (Å²) in [6.45, 7) is 6.09. The molecule has 0 amide bonds. The molecule has 0 aliphatic carbocycles. The topological polar surface area (TPSA) is 46.5 Å². The van der Waals surface area contributed by atoms with Gasteiger partial charge >= 0.3 is 5.97 Å². The lowest BCUT2D eigenvalue weighted by Gasteiger charge is -2.20. The van der Waals surface area contributed by atoms with Crippen LogP contribution in [-0.2, 0) is 9.53 Å². The average molecular weight is 256 g/mol. The number of thiophene rings is 1. The van der Waals surface area contributed by atoms with Gasteiger partial charge in [-0.25, -0.2) is 0 Å². The summed E-state index contributed by atoms with van der Waals surface area (Å²) >= 11 is 1.49. The fraction of sp³-hybridized carbons (Fsp3) is 0.615. The van der Waals surface area contributed by atoms with Gasteiger partial charge in [-0.2, -0.15) is 0 Å². The van der Waals surface area contributed by atoms with Crippen molar-refractivity contribution in [1.29, 1.82) is 0 Å². The first kappa shape index (κ1) is 14.2. The van der Waals surface area contributed by atoms with E-state index in [4.69, 9.17) is 4.74 Å². The number of ether oxygens (including phenoxy) is 1. The van der Waals surface area contributed by atoms with Gasteiger partial charge in [-0.05, 0) is 37.3 Å². The molecule has 2 unspecified atom stereocenters. The third-order valence-electron chi connectivity index (χ3n) is 2.74. The molecule has 0 bridgehead atoms. The highest BCUT2D eigenvalue weighted by Gasteiger charge is 2.30. The summed E-state index contributed by atoms with van der Waals surface area (Å²) in [4.78, 5) is 12.7. The van der Waals surface area contributed by atoms with Crippen LogP contribution in [0.2, 0.25) is 0 Å². The van der Waals surface area contributed by atoms with E-state index < -0.39 is 12.0 Å². The summed E-state index contributed by atoms with van der Waals surface area (Å²) in [6, 6.07) is 1.96. The normalized spacial score (nSPS) is 14.4. The van der Waals surface area contributed by atoms with Crippen molar-refractivity contribution in [1.82, 2.24) is 0 Å². The van der Waals surface area contributed by atoms with Gasteiger partial charge in [0.2, 0.25) is 0 Å². The summed E-state index contributed by atoms with van der Waals surface area (Å²) in [7, 11) is 0. The molecule has 4 heteroatoms. The van der Waals surface area contributed by atoms with Gasteiger partial charge < -0.3 is 9.84 Å². The lowest BCUT2D eigenvalue weighted by molar-refractivity contribution is -0.152.